The summed E-state index contributed by atoms with van der Waals surface area (Å²) in [5, 5.41) is 0.691. The molecule has 5 nitrogen and oxygen atoms in total. The Hall–Kier alpha value is -2.11. The van der Waals surface area contributed by atoms with Crippen molar-refractivity contribution in [1.29, 1.82) is 0 Å². The average Bonchev–Trinajstić information content (AvgIpc) is 2.95. The number of hydrogen-bond donors (Lipinski definition) is 0. The van der Waals surface area contributed by atoms with Crippen molar-refractivity contribution in [2.24, 2.45) is 0 Å². The molecule has 0 bridgehead atoms. The molecule has 0 spiro atoms. The molecule has 0 N–H and O–H groups in total. The van der Waals surface area contributed by atoms with Crippen molar-refractivity contribution in [2.45, 2.75) is 33.7 Å². The van der Waals surface area contributed by atoms with Crippen LogP contribution in [0.4, 0.5) is 0 Å². The number of halogens is 1. The number of carbonyl (C=O) groups is 2. The van der Waals surface area contributed by atoms with Crippen molar-refractivity contribution < 1.29 is 9.59 Å². The van der Waals surface area contributed by atoms with Crippen LogP contribution in [0.5, 0.6) is 0 Å². The topological polar surface area (TPSA) is 45.6 Å². The molecule has 1 saturated heterocycles. The number of Topliss-reactive ketones (excluding diaryl/α,β-unsaturated/α-hetero) is 1. The number of ketones is 1. The second-order valence-corrected chi connectivity index (χ2v) is 7.62. The van der Waals surface area contributed by atoms with Crippen molar-refractivity contribution in [2.75, 3.05) is 26.2 Å². The molecule has 2 aromatic rings. The van der Waals surface area contributed by atoms with Gasteiger partial charge in [-0.2, -0.15) is 0 Å². The number of aromatic nitrogens is 1. The van der Waals surface area contributed by atoms with E-state index in [1.54, 1.807) is 6.92 Å². The SMILES string of the molecule is CC(=O)N1CCN(C(C)C(=O)c2cc(C)n(-c3ccc(Cl)cc3)c2C)CC1. The van der Waals surface area contributed by atoms with Gasteiger partial charge < -0.3 is 9.47 Å². The highest BCUT2D eigenvalue weighted by atomic mass is 35.5. The average molecular weight is 388 g/mol. The van der Waals surface area contributed by atoms with Crippen LogP contribution >= 0.6 is 11.6 Å². The Bertz CT molecular complexity index is 849. The summed E-state index contributed by atoms with van der Waals surface area (Å²) in [6.45, 7) is 10.3. The number of piperazine rings is 1. The lowest BCUT2D eigenvalue weighted by molar-refractivity contribution is -0.130. The molecule has 3 rings (SSSR count). The maximum atomic E-state index is 13.2. The number of hydrogen-bond acceptors (Lipinski definition) is 3. The van der Waals surface area contributed by atoms with Gasteiger partial charge in [0.1, 0.15) is 0 Å². The van der Waals surface area contributed by atoms with E-state index in [9.17, 15) is 9.59 Å². The zero-order valence-corrected chi connectivity index (χ0v) is 17.1. The molecule has 2 heterocycles. The van der Waals surface area contributed by atoms with Crippen molar-refractivity contribution in [3.8, 4) is 5.69 Å². The second-order valence-electron chi connectivity index (χ2n) is 7.18. The van der Waals surface area contributed by atoms with Crippen LogP contribution in [0.2, 0.25) is 5.02 Å². The predicted octanol–water partition coefficient (Wildman–Crippen LogP) is 3.48. The third-order valence-corrected chi connectivity index (χ3v) is 5.72. The van der Waals surface area contributed by atoms with Crippen molar-refractivity contribution in [3.05, 3.63) is 52.3 Å². The maximum absolute atomic E-state index is 13.2. The molecule has 144 valence electrons. The molecule has 1 aliphatic heterocycles. The lowest BCUT2D eigenvalue weighted by Crippen LogP contribution is -2.52. The van der Waals surface area contributed by atoms with Gasteiger partial charge in [0.2, 0.25) is 5.91 Å². The highest BCUT2D eigenvalue weighted by molar-refractivity contribution is 6.30. The van der Waals surface area contributed by atoms with Gasteiger partial charge in [-0.1, -0.05) is 11.6 Å². The van der Waals surface area contributed by atoms with Gasteiger partial charge >= 0.3 is 0 Å². The quantitative estimate of drug-likeness (QED) is 0.754. The molecule has 6 heteroatoms. The van der Waals surface area contributed by atoms with Crippen molar-refractivity contribution >= 4 is 23.3 Å². The Morgan fingerprint density at radius 1 is 1.04 bits per heavy atom. The highest BCUT2D eigenvalue weighted by Crippen LogP contribution is 2.24. The maximum Gasteiger partial charge on any atom is 0.219 e. The summed E-state index contributed by atoms with van der Waals surface area (Å²) in [4.78, 5) is 28.7. The minimum atomic E-state index is -0.210. The van der Waals surface area contributed by atoms with Gasteiger partial charge in [-0.3, -0.25) is 14.5 Å². The number of nitrogens with zero attached hydrogens (tertiary/aromatic N) is 3. The Morgan fingerprint density at radius 2 is 1.63 bits per heavy atom. The van der Waals surface area contributed by atoms with Crippen LogP contribution < -0.4 is 0 Å². The Morgan fingerprint density at radius 3 is 2.19 bits per heavy atom. The van der Waals surface area contributed by atoms with E-state index in [-0.39, 0.29) is 17.7 Å². The molecule has 1 fully saturated rings. The summed E-state index contributed by atoms with van der Waals surface area (Å²) in [5.41, 5.74) is 3.71. The minimum absolute atomic E-state index is 0.0974. The molecule has 0 saturated carbocycles. The molecule has 1 aliphatic rings. The molecule has 1 aromatic heterocycles. The largest absolute Gasteiger partial charge is 0.340 e. The number of carbonyl (C=O) groups excluding carboxylic acids is 2. The lowest BCUT2D eigenvalue weighted by atomic mass is 10.0. The summed E-state index contributed by atoms with van der Waals surface area (Å²) >= 11 is 6.00. The summed E-state index contributed by atoms with van der Waals surface area (Å²) in [5.74, 6) is 0.222. The van der Waals surface area contributed by atoms with Gasteiger partial charge in [0, 0.05) is 60.8 Å². The fraction of sp³-hybridized carbons (Fsp3) is 0.429. The van der Waals surface area contributed by atoms with Gasteiger partial charge in [-0.25, -0.2) is 0 Å². The van der Waals surface area contributed by atoms with Crippen LogP contribution in [-0.4, -0.2) is 58.3 Å². The van der Waals surface area contributed by atoms with Crippen molar-refractivity contribution in [3.63, 3.8) is 0 Å². The third kappa shape index (κ3) is 3.94. The first-order valence-corrected chi connectivity index (χ1v) is 9.66. The molecule has 27 heavy (non-hydrogen) atoms. The van der Waals surface area contributed by atoms with E-state index in [2.05, 4.69) is 9.47 Å². The van der Waals surface area contributed by atoms with Gasteiger partial charge in [-0.15, -0.1) is 0 Å². The monoisotopic (exact) mass is 387 g/mol. The highest BCUT2D eigenvalue weighted by Gasteiger charge is 2.29. The standard InChI is InChI=1S/C21H26ClN3O2/c1-14-13-20(15(2)25(14)19-7-5-18(22)6-8-19)21(27)16(3)23-9-11-24(12-10-23)17(4)26/h5-8,13,16H,9-12H2,1-4H3. The normalized spacial score (nSPS) is 16.4. The molecule has 0 radical (unpaired) electrons. The van der Waals surface area contributed by atoms with Gasteiger partial charge in [0.15, 0.2) is 5.78 Å². The zero-order valence-electron chi connectivity index (χ0n) is 16.3. The zero-order chi connectivity index (χ0) is 19.7. The number of aryl methyl sites for hydroxylation is 1. The van der Waals surface area contributed by atoms with E-state index in [4.69, 9.17) is 11.6 Å². The first kappa shape index (κ1) is 19.6. The van der Waals surface area contributed by atoms with Gasteiger partial charge in [0.25, 0.3) is 0 Å². The Kier molecular flexibility index (Phi) is 5.72. The summed E-state index contributed by atoms with van der Waals surface area (Å²) in [6.07, 6.45) is 0. The Labute approximate surface area is 165 Å². The van der Waals surface area contributed by atoms with E-state index in [1.165, 1.54) is 0 Å². The summed E-state index contributed by atoms with van der Waals surface area (Å²) < 4.78 is 2.09. The van der Waals surface area contributed by atoms with Crippen LogP contribution in [0.3, 0.4) is 0 Å². The van der Waals surface area contributed by atoms with E-state index in [0.717, 1.165) is 35.7 Å². The number of benzene rings is 1. The van der Waals surface area contributed by atoms with E-state index < -0.39 is 0 Å². The number of amides is 1. The fourth-order valence-electron chi connectivity index (χ4n) is 3.81. The van der Waals surface area contributed by atoms with Crippen molar-refractivity contribution in [1.82, 2.24) is 14.4 Å². The van der Waals surface area contributed by atoms with Crippen LogP contribution in [0.15, 0.2) is 30.3 Å². The van der Waals surface area contributed by atoms with E-state index >= 15 is 0 Å². The Balaban J connectivity index is 1.80. The van der Waals surface area contributed by atoms with Gasteiger partial charge in [0.05, 0.1) is 6.04 Å². The lowest BCUT2D eigenvalue weighted by Gasteiger charge is -2.37. The molecular weight excluding hydrogens is 362 g/mol. The fourth-order valence-corrected chi connectivity index (χ4v) is 3.94. The molecule has 0 aliphatic carbocycles. The van der Waals surface area contributed by atoms with Crippen LogP contribution in [-0.2, 0) is 4.79 Å². The summed E-state index contributed by atoms with van der Waals surface area (Å²) in [7, 11) is 0. The van der Waals surface area contributed by atoms with Crippen LogP contribution in [0.1, 0.15) is 35.6 Å². The van der Waals surface area contributed by atoms with E-state index in [1.807, 2.05) is 56.0 Å². The molecule has 1 aromatic carbocycles. The smallest absolute Gasteiger partial charge is 0.219 e. The molecule has 1 unspecified atom stereocenters. The molecular formula is C21H26ClN3O2. The first-order chi connectivity index (χ1) is 12.8. The molecule has 1 amide bonds. The minimum Gasteiger partial charge on any atom is -0.340 e. The third-order valence-electron chi connectivity index (χ3n) is 5.47. The number of rotatable bonds is 4. The van der Waals surface area contributed by atoms with Crippen LogP contribution in [0.25, 0.3) is 5.69 Å². The summed E-state index contributed by atoms with van der Waals surface area (Å²) in [6, 6.07) is 9.39. The van der Waals surface area contributed by atoms with E-state index in [0.29, 0.717) is 18.1 Å². The molecule has 1 atom stereocenters. The second kappa shape index (κ2) is 7.87. The predicted molar refractivity (Wildman–Crippen MR) is 108 cm³/mol. The first-order valence-electron chi connectivity index (χ1n) is 9.28. The van der Waals surface area contributed by atoms with Crippen LogP contribution in [0, 0.1) is 13.8 Å². The van der Waals surface area contributed by atoms with Gasteiger partial charge in [-0.05, 0) is 51.1 Å².